The largest absolute Gasteiger partial charge is 0.370 e. The molecule has 0 saturated carbocycles. The zero-order chi connectivity index (χ0) is 14.5. The molecule has 0 radical (unpaired) electrons. The fraction of sp³-hybridized carbons (Fsp3) is 0.643. The van der Waals surface area contributed by atoms with Crippen molar-refractivity contribution in [2.24, 2.45) is 0 Å². The lowest BCUT2D eigenvalue weighted by atomic mass is 10.1. The molecule has 6 nitrogen and oxygen atoms in total. The maximum absolute atomic E-state index is 12.0. The van der Waals surface area contributed by atoms with Gasteiger partial charge in [-0.05, 0) is 19.8 Å². The molecule has 1 atom stereocenters. The van der Waals surface area contributed by atoms with E-state index in [1.165, 1.54) is 0 Å². The van der Waals surface area contributed by atoms with Crippen molar-refractivity contribution in [3.05, 3.63) is 11.9 Å². The van der Waals surface area contributed by atoms with Crippen molar-refractivity contribution >= 4 is 17.5 Å². The second-order valence-electron chi connectivity index (χ2n) is 5.08. The van der Waals surface area contributed by atoms with Crippen LogP contribution in [-0.4, -0.2) is 47.0 Å². The molecule has 0 bridgehead atoms. The molecule has 1 aliphatic heterocycles. The first-order valence-corrected chi connectivity index (χ1v) is 7.26. The maximum atomic E-state index is 12.0. The van der Waals surface area contributed by atoms with E-state index in [0.29, 0.717) is 0 Å². The molecule has 20 heavy (non-hydrogen) atoms. The summed E-state index contributed by atoms with van der Waals surface area (Å²) in [6, 6.07) is -0.167. The van der Waals surface area contributed by atoms with Crippen molar-refractivity contribution < 1.29 is 4.79 Å². The lowest BCUT2D eigenvalue weighted by Gasteiger charge is -2.17. The van der Waals surface area contributed by atoms with Crippen LogP contribution in [0.25, 0.3) is 0 Å². The van der Waals surface area contributed by atoms with Gasteiger partial charge in [0.1, 0.15) is 24.0 Å². The molecular formula is C14H23N5O. The predicted molar refractivity (Wildman–Crippen MR) is 79.9 cm³/mol. The number of amides is 1. The summed E-state index contributed by atoms with van der Waals surface area (Å²) in [5.41, 5.74) is 1.07. The molecular weight excluding hydrogens is 254 g/mol. The van der Waals surface area contributed by atoms with Crippen molar-refractivity contribution in [2.45, 2.75) is 39.2 Å². The number of hydrogen-bond acceptors (Lipinski definition) is 5. The average Bonchev–Trinajstić information content (AvgIpc) is 2.75. The van der Waals surface area contributed by atoms with Gasteiger partial charge in [-0.3, -0.25) is 4.79 Å². The Hall–Kier alpha value is -1.85. The van der Waals surface area contributed by atoms with Gasteiger partial charge in [-0.15, -0.1) is 0 Å². The van der Waals surface area contributed by atoms with Crippen LogP contribution in [0.3, 0.4) is 0 Å². The molecule has 1 fully saturated rings. The van der Waals surface area contributed by atoms with E-state index in [-0.39, 0.29) is 11.9 Å². The summed E-state index contributed by atoms with van der Waals surface area (Å²) in [5, 5.41) is 6.55. The van der Waals surface area contributed by atoms with Crippen molar-refractivity contribution in [2.75, 3.05) is 30.8 Å². The smallest absolute Gasteiger partial charge is 0.244 e. The minimum absolute atomic E-state index is 0.135. The van der Waals surface area contributed by atoms with Gasteiger partial charge < -0.3 is 15.5 Å². The first-order valence-electron chi connectivity index (χ1n) is 7.26. The molecule has 1 aliphatic rings. The van der Waals surface area contributed by atoms with Gasteiger partial charge >= 0.3 is 0 Å². The molecule has 110 valence electrons. The van der Waals surface area contributed by atoms with Gasteiger partial charge in [-0.25, -0.2) is 9.97 Å². The second-order valence-corrected chi connectivity index (χ2v) is 5.08. The van der Waals surface area contributed by atoms with Crippen LogP contribution in [-0.2, 0) is 11.2 Å². The lowest BCUT2D eigenvalue weighted by molar-refractivity contribution is -0.127. The maximum Gasteiger partial charge on any atom is 0.244 e. The summed E-state index contributed by atoms with van der Waals surface area (Å²) in [7, 11) is 1.83. The fourth-order valence-electron chi connectivity index (χ4n) is 2.46. The summed E-state index contributed by atoms with van der Waals surface area (Å²) in [4.78, 5) is 22.4. The van der Waals surface area contributed by atoms with Crippen LogP contribution in [0.1, 0.15) is 32.3 Å². The lowest BCUT2D eigenvalue weighted by Crippen LogP contribution is -2.31. The number of rotatable bonds is 6. The van der Waals surface area contributed by atoms with Crippen molar-refractivity contribution in [3.63, 3.8) is 0 Å². The monoisotopic (exact) mass is 277 g/mol. The van der Waals surface area contributed by atoms with E-state index in [4.69, 9.17) is 0 Å². The highest BCUT2D eigenvalue weighted by Crippen LogP contribution is 2.24. The van der Waals surface area contributed by atoms with E-state index < -0.39 is 0 Å². The number of aromatic nitrogens is 2. The fourth-order valence-corrected chi connectivity index (χ4v) is 2.46. The van der Waals surface area contributed by atoms with Crippen LogP contribution in [0, 0.1) is 0 Å². The van der Waals surface area contributed by atoms with Crippen molar-refractivity contribution in [3.8, 4) is 0 Å². The molecule has 2 rings (SSSR count). The van der Waals surface area contributed by atoms with E-state index in [1.54, 1.807) is 11.2 Å². The van der Waals surface area contributed by atoms with E-state index in [2.05, 4.69) is 27.5 Å². The van der Waals surface area contributed by atoms with Crippen LogP contribution in [0.15, 0.2) is 6.33 Å². The van der Waals surface area contributed by atoms with Crippen molar-refractivity contribution in [1.29, 1.82) is 0 Å². The minimum atomic E-state index is -0.167. The third kappa shape index (κ3) is 3.00. The second kappa shape index (κ2) is 6.54. The molecule has 1 saturated heterocycles. The number of carbonyl (C=O) groups is 1. The first-order chi connectivity index (χ1) is 9.67. The Kier molecular flexibility index (Phi) is 4.76. The van der Waals surface area contributed by atoms with E-state index in [1.807, 2.05) is 14.0 Å². The highest BCUT2D eigenvalue weighted by molar-refractivity contribution is 5.86. The summed E-state index contributed by atoms with van der Waals surface area (Å²) >= 11 is 0. The Balaban J connectivity index is 2.22. The van der Waals surface area contributed by atoms with Crippen molar-refractivity contribution in [1.82, 2.24) is 14.9 Å². The number of carbonyl (C=O) groups excluding carboxylic acids is 1. The van der Waals surface area contributed by atoms with Gasteiger partial charge in [0.15, 0.2) is 0 Å². The summed E-state index contributed by atoms with van der Waals surface area (Å²) in [6.07, 6.45) is 4.27. The molecule has 2 N–H and O–H groups in total. The molecule has 0 spiro atoms. The SMILES string of the molecule is CCCc1c(NCC)ncnc1NC1CCN(C)C1=O. The van der Waals surface area contributed by atoms with Gasteiger partial charge in [-0.1, -0.05) is 13.3 Å². The molecule has 2 heterocycles. The Bertz CT molecular complexity index is 477. The van der Waals surface area contributed by atoms with Gasteiger partial charge in [0.05, 0.1) is 0 Å². The third-order valence-corrected chi connectivity index (χ3v) is 3.53. The highest BCUT2D eigenvalue weighted by atomic mass is 16.2. The molecule has 1 unspecified atom stereocenters. The topological polar surface area (TPSA) is 70.2 Å². The highest BCUT2D eigenvalue weighted by Gasteiger charge is 2.29. The van der Waals surface area contributed by atoms with Crippen LogP contribution in [0.2, 0.25) is 0 Å². The standard InChI is InChI=1S/C14H23N5O/c1-4-6-10-12(15-5-2)16-9-17-13(10)18-11-7-8-19(3)14(11)20/h9,11H,4-8H2,1-3H3,(H2,15,16,17,18). The number of nitrogens with zero attached hydrogens (tertiary/aromatic N) is 3. The zero-order valence-corrected chi connectivity index (χ0v) is 12.4. The van der Waals surface area contributed by atoms with Gasteiger partial charge in [0, 0.05) is 25.7 Å². The van der Waals surface area contributed by atoms with E-state index in [9.17, 15) is 4.79 Å². The summed E-state index contributed by atoms with van der Waals surface area (Å²) < 4.78 is 0. The minimum Gasteiger partial charge on any atom is -0.370 e. The van der Waals surface area contributed by atoms with E-state index >= 15 is 0 Å². The Morgan fingerprint density at radius 3 is 2.70 bits per heavy atom. The van der Waals surface area contributed by atoms with Gasteiger partial charge in [0.2, 0.25) is 5.91 Å². The molecule has 6 heteroatoms. The number of likely N-dealkylation sites (tertiary alicyclic amines) is 1. The number of nitrogens with one attached hydrogen (secondary N) is 2. The van der Waals surface area contributed by atoms with Gasteiger partial charge in [0.25, 0.3) is 0 Å². The Labute approximate surface area is 120 Å². The van der Waals surface area contributed by atoms with Crippen LogP contribution >= 0.6 is 0 Å². The molecule has 0 aliphatic carbocycles. The normalized spacial score (nSPS) is 18.4. The summed E-state index contributed by atoms with van der Waals surface area (Å²) in [6.45, 7) is 5.78. The molecule has 1 aromatic rings. The number of anilines is 2. The number of hydrogen-bond donors (Lipinski definition) is 2. The van der Waals surface area contributed by atoms with Gasteiger partial charge in [-0.2, -0.15) is 0 Å². The molecule has 1 amide bonds. The average molecular weight is 277 g/mol. The molecule has 1 aromatic heterocycles. The molecule has 0 aromatic carbocycles. The quantitative estimate of drug-likeness (QED) is 0.824. The van der Waals surface area contributed by atoms with Crippen LogP contribution in [0.5, 0.6) is 0 Å². The van der Waals surface area contributed by atoms with Crippen LogP contribution in [0.4, 0.5) is 11.6 Å². The Morgan fingerprint density at radius 2 is 2.10 bits per heavy atom. The van der Waals surface area contributed by atoms with E-state index in [0.717, 1.165) is 49.6 Å². The summed E-state index contributed by atoms with van der Waals surface area (Å²) in [5.74, 6) is 1.79. The predicted octanol–water partition coefficient (Wildman–Crippen LogP) is 1.50. The number of likely N-dealkylation sites (N-methyl/N-ethyl adjacent to an activating group) is 1. The van der Waals surface area contributed by atoms with Crippen LogP contribution < -0.4 is 10.6 Å². The first kappa shape index (κ1) is 14.6. The third-order valence-electron chi connectivity index (χ3n) is 3.53. The Morgan fingerprint density at radius 1 is 1.35 bits per heavy atom. The zero-order valence-electron chi connectivity index (χ0n) is 12.4.